The summed E-state index contributed by atoms with van der Waals surface area (Å²) in [5.74, 6) is 1.62. The van der Waals surface area contributed by atoms with Gasteiger partial charge in [-0.2, -0.15) is 5.10 Å². The number of carbonyl (C=O) groups is 1. The Kier molecular flexibility index (Phi) is 3.65. The molecule has 0 saturated carbocycles. The molecule has 6 nitrogen and oxygen atoms in total. The first-order valence-corrected chi connectivity index (χ1v) is 6.64. The number of nitrogens with zero attached hydrogens (tertiary/aromatic N) is 1. The molecule has 0 aliphatic heterocycles. The van der Waals surface area contributed by atoms with Crippen molar-refractivity contribution in [3.05, 3.63) is 53.7 Å². The third kappa shape index (κ3) is 2.71. The number of furan rings is 2. The van der Waals surface area contributed by atoms with Gasteiger partial charge in [0.25, 0.3) is 0 Å². The molecule has 3 rings (SSSR count). The highest BCUT2D eigenvalue weighted by atomic mass is 16.5. The van der Waals surface area contributed by atoms with Gasteiger partial charge in [-0.1, -0.05) is 12.1 Å². The molecule has 0 saturated heterocycles. The second-order valence-corrected chi connectivity index (χ2v) is 4.64. The van der Waals surface area contributed by atoms with Crippen LogP contribution in [0.25, 0.3) is 11.0 Å². The van der Waals surface area contributed by atoms with Crippen molar-refractivity contribution in [2.45, 2.75) is 6.92 Å². The fourth-order valence-corrected chi connectivity index (χ4v) is 2.04. The quantitative estimate of drug-likeness (QED) is 0.593. The van der Waals surface area contributed by atoms with Gasteiger partial charge in [0.15, 0.2) is 17.1 Å². The molecule has 3 aromatic rings. The molecule has 0 fully saturated rings. The van der Waals surface area contributed by atoms with Crippen LogP contribution in [0.5, 0.6) is 5.75 Å². The number of amides is 1. The molecule has 6 heteroatoms. The van der Waals surface area contributed by atoms with Crippen molar-refractivity contribution in [1.82, 2.24) is 5.43 Å². The number of fused-ring (bicyclic) bond motifs is 1. The molecule has 1 amide bonds. The van der Waals surface area contributed by atoms with E-state index in [0.29, 0.717) is 17.1 Å². The van der Waals surface area contributed by atoms with E-state index in [9.17, 15) is 4.79 Å². The van der Waals surface area contributed by atoms with Crippen LogP contribution in [0.15, 0.2) is 50.3 Å². The number of aryl methyl sites for hydroxylation is 1. The van der Waals surface area contributed by atoms with Crippen molar-refractivity contribution >= 4 is 23.1 Å². The van der Waals surface area contributed by atoms with Gasteiger partial charge in [-0.25, -0.2) is 5.43 Å². The first kappa shape index (κ1) is 13.9. The average molecular weight is 298 g/mol. The fraction of sp³-hybridized carbons (Fsp3) is 0.125. The van der Waals surface area contributed by atoms with Gasteiger partial charge in [-0.3, -0.25) is 4.79 Å². The molecule has 112 valence electrons. The molecule has 2 heterocycles. The van der Waals surface area contributed by atoms with Crippen LogP contribution in [-0.4, -0.2) is 19.2 Å². The highest BCUT2D eigenvalue weighted by Crippen LogP contribution is 2.28. The zero-order valence-corrected chi connectivity index (χ0v) is 12.1. The molecule has 0 atom stereocenters. The predicted molar refractivity (Wildman–Crippen MR) is 81.3 cm³/mol. The Bertz CT molecular complexity index is 845. The van der Waals surface area contributed by atoms with Gasteiger partial charge >= 0.3 is 5.91 Å². The van der Waals surface area contributed by atoms with Crippen LogP contribution in [-0.2, 0) is 0 Å². The number of hydrogen-bond acceptors (Lipinski definition) is 5. The lowest BCUT2D eigenvalue weighted by atomic mass is 10.2. The minimum Gasteiger partial charge on any atom is -0.493 e. The number of carbonyl (C=O) groups excluding carboxylic acids is 1. The summed E-state index contributed by atoms with van der Waals surface area (Å²) >= 11 is 0. The molecule has 0 aliphatic rings. The van der Waals surface area contributed by atoms with Crippen LogP contribution in [0.1, 0.15) is 22.1 Å². The van der Waals surface area contributed by atoms with Crippen molar-refractivity contribution in [1.29, 1.82) is 0 Å². The lowest BCUT2D eigenvalue weighted by molar-refractivity contribution is 0.0929. The number of para-hydroxylation sites is 1. The van der Waals surface area contributed by atoms with E-state index in [4.69, 9.17) is 13.6 Å². The standard InChI is InChI=1S/C16H14N2O4/c1-10-6-7-12(21-10)9-17-18-16(19)14-8-11-4-3-5-13(20-2)15(11)22-14/h3-9H,1-2H3,(H,18,19)/b17-9-. The van der Waals surface area contributed by atoms with Crippen LogP contribution >= 0.6 is 0 Å². The summed E-state index contributed by atoms with van der Waals surface area (Å²) in [6.07, 6.45) is 1.42. The third-order valence-electron chi connectivity index (χ3n) is 3.07. The number of nitrogens with one attached hydrogen (secondary N) is 1. The van der Waals surface area contributed by atoms with Gasteiger partial charge in [-0.15, -0.1) is 0 Å². The zero-order chi connectivity index (χ0) is 15.5. The van der Waals surface area contributed by atoms with Gasteiger partial charge < -0.3 is 13.6 Å². The van der Waals surface area contributed by atoms with Crippen LogP contribution in [0.4, 0.5) is 0 Å². The summed E-state index contributed by atoms with van der Waals surface area (Å²) in [4.78, 5) is 12.0. The monoisotopic (exact) mass is 298 g/mol. The van der Waals surface area contributed by atoms with E-state index in [0.717, 1.165) is 11.1 Å². The van der Waals surface area contributed by atoms with Gasteiger partial charge in [0.1, 0.15) is 11.5 Å². The van der Waals surface area contributed by atoms with Crippen LogP contribution in [0, 0.1) is 6.92 Å². The molecule has 0 spiro atoms. The maximum Gasteiger partial charge on any atom is 0.307 e. The maximum absolute atomic E-state index is 12.0. The summed E-state index contributed by atoms with van der Waals surface area (Å²) in [7, 11) is 1.55. The smallest absolute Gasteiger partial charge is 0.307 e. The number of ether oxygens (including phenoxy) is 1. The second kappa shape index (κ2) is 5.77. The van der Waals surface area contributed by atoms with Gasteiger partial charge in [0, 0.05) is 5.39 Å². The molecular weight excluding hydrogens is 284 g/mol. The van der Waals surface area contributed by atoms with Gasteiger partial charge in [-0.05, 0) is 31.2 Å². The molecule has 1 aromatic carbocycles. The molecule has 0 aliphatic carbocycles. The van der Waals surface area contributed by atoms with E-state index in [1.165, 1.54) is 6.21 Å². The molecule has 0 bridgehead atoms. The molecule has 1 N–H and O–H groups in total. The molecule has 0 unspecified atom stereocenters. The van der Waals surface area contributed by atoms with Crippen molar-refractivity contribution in [2.24, 2.45) is 5.10 Å². The highest BCUT2D eigenvalue weighted by molar-refractivity contribution is 5.97. The van der Waals surface area contributed by atoms with E-state index in [-0.39, 0.29) is 5.76 Å². The number of hydrazone groups is 1. The van der Waals surface area contributed by atoms with E-state index in [1.54, 1.807) is 25.3 Å². The SMILES string of the molecule is COc1cccc2cc(C(=O)N/N=C\c3ccc(C)o3)oc12. The number of benzene rings is 1. The van der Waals surface area contributed by atoms with Crippen molar-refractivity contribution in [2.75, 3.05) is 7.11 Å². The third-order valence-corrected chi connectivity index (χ3v) is 3.07. The lowest BCUT2D eigenvalue weighted by Gasteiger charge is -1.98. The summed E-state index contributed by atoms with van der Waals surface area (Å²) < 4.78 is 16.0. The summed E-state index contributed by atoms with van der Waals surface area (Å²) in [5.41, 5.74) is 2.92. The topological polar surface area (TPSA) is 77.0 Å². The minimum absolute atomic E-state index is 0.160. The molecule has 0 radical (unpaired) electrons. The maximum atomic E-state index is 12.0. The average Bonchev–Trinajstić information content (AvgIpc) is 3.12. The van der Waals surface area contributed by atoms with Crippen molar-refractivity contribution in [3.63, 3.8) is 0 Å². The lowest BCUT2D eigenvalue weighted by Crippen LogP contribution is -2.16. The Balaban J connectivity index is 1.76. The first-order chi connectivity index (χ1) is 10.7. The molecule has 2 aromatic heterocycles. The Morgan fingerprint density at radius 1 is 1.27 bits per heavy atom. The van der Waals surface area contributed by atoms with E-state index >= 15 is 0 Å². The van der Waals surface area contributed by atoms with E-state index in [2.05, 4.69) is 10.5 Å². The number of rotatable bonds is 4. The van der Waals surface area contributed by atoms with E-state index < -0.39 is 5.91 Å². The first-order valence-electron chi connectivity index (χ1n) is 6.64. The van der Waals surface area contributed by atoms with Crippen LogP contribution in [0.3, 0.4) is 0 Å². The van der Waals surface area contributed by atoms with Gasteiger partial charge in [0.05, 0.1) is 13.3 Å². The summed E-state index contributed by atoms with van der Waals surface area (Å²) in [5, 5.41) is 4.62. The number of hydrogen-bond donors (Lipinski definition) is 1. The van der Waals surface area contributed by atoms with Crippen molar-refractivity contribution < 1.29 is 18.4 Å². The molecule has 22 heavy (non-hydrogen) atoms. The Labute approximate surface area is 126 Å². The Morgan fingerprint density at radius 3 is 2.86 bits per heavy atom. The van der Waals surface area contributed by atoms with Crippen molar-refractivity contribution in [3.8, 4) is 5.75 Å². The predicted octanol–water partition coefficient (Wildman–Crippen LogP) is 3.11. The largest absolute Gasteiger partial charge is 0.493 e. The zero-order valence-electron chi connectivity index (χ0n) is 12.1. The van der Waals surface area contributed by atoms with E-state index in [1.807, 2.05) is 25.1 Å². The minimum atomic E-state index is -0.446. The summed E-state index contributed by atoms with van der Waals surface area (Å²) in [6.45, 7) is 1.83. The Hall–Kier alpha value is -3.02. The fourth-order valence-electron chi connectivity index (χ4n) is 2.04. The normalized spacial score (nSPS) is 11.2. The Morgan fingerprint density at radius 2 is 2.14 bits per heavy atom. The highest BCUT2D eigenvalue weighted by Gasteiger charge is 2.14. The van der Waals surface area contributed by atoms with Crippen LogP contribution < -0.4 is 10.2 Å². The number of methoxy groups -OCH3 is 1. The summed E-state index contributed by atoms with van der Waals surface area (Å²) in [6, 6.07) is 10.7. The second-order valence-electron chi connectivity index (χ2n) is 4.64. The van der Waals surface area contributed by atoms with Gasteiger partial charge in [0.2, 0.25) is 0 Å². The molecular formula is C16H14N2O4. The van der Waals surface area contributed by atoms with Crippen LogP contribution in [0.2, 0.25) is 0 Å².